The first kappa shape index (κ1) is 24.8. The van der Waals surface area contributed by atoms with Gasteiger partial charge in [0, 0.05) is 22.5 Å². The smallest absolute Gasteiger partial charge is 0.252 e. The first-order chi connectivity index (χ1) is 17.5. The van der Waals surface area contributed by atoms with Crippen LogP contribution in [0.3, 0.4) is 0 Å². The van der Waals surface area contributed by atoms with Crippen molar-refractivity contribution in [1.29, 1.82) is 5.26 Å². The maximum Gasteiger partial charge on any atom is 0.252 e. The summed E-state index contributed by atoms with van der Waals surface area (Å²) in [4.78, 5) is 16.3. The van der Waals surface area contributed by atoms with Crippen molar-refractivity contribution in [2.24, 2.45) is 5.92 Å². The molecule has 3 aromatic rings. The van der Waals surface area contributed by atoms with E-state index in [1.54, 1.807) is 12.1 Å². The molecule has 4 nitrogen and oxygen atoms in total. The zero-order valence-electron chi connectivity index (χ0n) is 20.1. The highest BCUT2D eigenvalue weighted by molar-refractivity contribution is 6.30. The molecule has 6 heteroatoms. The molecule has 1 aliphatic carbocycles. The number of halogens is 2. The number of amides is 1. The Morgan fingerprint density at radius 3 is 2.06 bits per heavy atom. The standard InChI is InChI=1S/C30H28Cl2N2O2/c1-2-26(21-7-8-21)34-28(22-9-13-24(31)14-10-22)29(23-11-15-25(32)16-12-23)36-27(30(34)35)17-19-3-5-20(18-33)6-4-19/h3-6,9-16,21,26-29H,2,7-8,17H2,1H3/t26-,27+,28-,29+/m0/s1. The number of ether oxygens (including phenoxy) is 1. The van der Waals surface area contributed by atoms with Gasteiger partial charge in [-0.15, -0.1) is 0 Å². The van der Waals surface area contributed by atoms with Crippen LogP contribution >= 0.6 is 23.2 Å². The molecule has 1 amide bonds. The summed E-state index contributed by atoms with van der Waals surface area (Å²) in [6.07, 6.45) is 2.62. The topological polar surface area (TPSA) is 53.3 Å². The second-order valence-electron chi connectivity index (χ2n) is 9.66. The fraction of sp³-hybridized carbons (Fsp3) is 0.333. The molecular weight excluding hydrogens is 491 g/mol. The van der Waals surface area contributed by atoms with E-state index in [1.165, 1.54) is 0 Å². The van der Waals surface area contributed by atoms with Gasteiger partial charge in [0.2, 0.25) is 0 Å². The molecule has 184 valence electrons. The Bertz CT molecular complexity index is 1250. The molecule has 1 heterocycles. The Kier molecular flexibility index (Phi) is 7.34. The fourth-order valence-electron chi connectivity index (χ4n) is 5.34. The van der Waals surface area contributed by atoms with E-state index in [4.69, 9.17) is 33.2 Å². The molecule has 5 rings (SSSR count). The van der Waals surface area contributed by atoms with Crippen LogP contribution in [0.5, 0.6) is 0 Å². The van der Waals surface area contributed by atoms with Gasteiger partial charge < -0.3 is 9.64 Å². The number of rotatable bonds is 7. The molecule has 2 aliphatic rings. The molecule has 0 N–H and O–H groups in total. The Morgan fingerprint density at radius 1 is 0.944 bits per heavy atom. The summed E-state index contributed by atoms with van der Waals surface area (Å²) in [6.45, 7) is 2.16. The van der Waals surface area contributed by atoms with E-state index in [1.807, 2.05) is 60.7 Å². The number of carbonyl (C=O) groups is 1. The predicted octanol–water partition coefficient (Wildman–Crippen LogP) is 7.31. The Morgan fingerprint density at radius 2 is 1.53 bits per heavy atom. The third kappa shape index (κ3) is 5.15. The second-order valence-corrected chi connectivity index (χ2v) is 10.5. The molecule has 1 saturated heterocycles. The van der Waals surface area contributed by atoms with Gasteiger partial charge in [-0.3, -0.25) is 4.79 Å². The minimum atomic E-state index is -0.630. The lowest BCUT2D eigenvalue weighted by atomic mass is 9.88. The van der Waals surface area contributed by atoms with Crippen LogP contribution in [0.1, 0.15) is 60.6 Å². The van der Waals surface area contributed by atoms with Crippen LogP contribution in [0.2, 0.25) is 10.0 Å². The van der Waals surface area contributed by atoms with Crippen LogP contribution in [0.25, 0.3) is 0 Å². The van der Waals surface area contributed by atoms with E-state index in [2.05, 4.69) is 17.9 Å². The van der Waals surface area contributed by atoms with Gasteiger partial charge in [0.15, 0.2) is 0 Å². The number of hydrogen-bond acceptors (Lipinski definition) is 3. The summed E-state index contributed by atoms with van der Waals surface area (Å²) < 4.78 is 6.68. The van der Waals surface area contributed by atoms with E-state index < -0.39 is 6.10 Å². The van der Waals surface area contributed by atoms with Gasteiger partial charge in [-0.05, 0) is 78.3 Å². The van der Waals surface area contributed by atoms with Crippen LogP contribution < -0.4 is 0 Å². The molecule has 3 aromatic carbocycles. The summed E-state index contributed by atoms with van der Waals surface area (Å²) in [5.41, 5.74) is 3.54. The molecule has 4 atom stereocenters. The summed E-state index contributed by atoms with van der Waals surface area (Å²) in [5, 5.41) is 10.5. The van der Waals surface area contributed by atoms with Crippen molar-refractivity contribution >= 4 is 29.1 Å². The Hall–Kier alpha value is -2.84. The molecule has 36 heavy (non-hydrogen) atoms. The molecular formula is C30H28Cl2N2O2. The second kappa shape index (κ2) is 10.6. The number of benzene rings is 3. The van der Waals surface area contributed by atoms with Crippen LogP contribution in [0.4, 0.5) is 0 Å². The molecule has 0 unspecified atom stereocenters. The average molecular weight is 519 g/mol. The van der Waals surface area contributed by atoms with Gasteiger partial charge in [-0.25, -0.2) is 0 Å². The largest absolute Gasteiger partial charge is 0.358 e. The number of nitriles is 1. The van der Waals surface area contributed by atoms with Gasteiger partial charge in [0.25, 0.3) is 5.91 Å². The zero-order valence-corrected chi connectivity index (χ0v) is 21.6. The highest BCUT2D eigenvalue weighted by Crippen LogP contribution is 2.48. The molecule has 1 aliphatic heterocycles. The van der Waals surface area contributed by atoms with Crippen LogP contribution in [-0.4, -0.2) is 23.0 Å². The van der Waals surface area contributed by atoms with Crippen molar-refractivity contribution in [1.82, 2.24) is 4.90 Å². The predicted molar refractivity (Wildman–Crippen MR) is 142 cm³/mol. The number of nitrogens with zero attached hydrogens (tertiary/aromatic N) is 2. The van der Waals surface area contributed by atoms with Crippen molar-refractivity contribution in [2.75, 3.05) is 0 Å². The SMILES string of the molecule is CC[C@@H](C1CC1)N1C(=O)[C@@H](Cc2ccc(C#N)cc2)O[C@H](c2ccc(Cl)cc2)[C@@H]1c1ccc(Cl)cc1. The minimum Gasteiger partial charge on any atom is -0.358 e. The summed E-state index contributed by atoms with van der Waals surface area (Å²) >= 11 is 12.4. The van der Waals surface area contributed by atoms with Gasteiger partial charge in [0.05, 0.1) is 17.7 Å². The van der Waals surface area contributed by atoms with Gasteiger partial charge in [-0.1, -0.05) is 66.5 Å². The first-order valence-corrected chi connectivity index (χ1v) is 13.2. The highest BCUT2D eigenvalue weighted by Gasteiger charge is 2.49. The fourth-order valence-corrected chi connectivity index (χ4v) is 5.59. The zero-order chi connectivity index (χ0) is 25.2. The first-order valence-electron chi connectivity index (χ1n) is 12.5. The third-order valence-corrected chi connectivity index (χ3v) is 7.79. The van der Waals surface area contributed by atoms with Gasteiger partial charge in [-0.2, -0.15) is 5.26 Å². The van der Waals surface area contributed by atoms with E-state index in [0.717, 1.165) is 36.0 Å². The van der Waals surface area contributed by atoms with E-state index in [-0.39, 0.29) is 24.1 Å². The molecule has 2 fully saturated rings. The Labute approximate surface area is 222 Å². The molecule has 1 saturated carbocycles. The lowest BCUT2D eigenvalue weighted by Crippen LogP contribution is -2.55. The van der Waals surface area contributed by atoms with E-state index >= 15 is 0 Å². The van der Waals surface area contributed by atoms with E-state index in [9.17, 15) is 4.79 Å². The summed E-state index contributed by atoms with van der Waals surface area (Å²) in [7, 11) is 0. The van der Waals surface area contributed by atoms with E-state index in [0.29, 0.717) is 27.9 Å². The van der Waals surface area contributed by atoms with Gasteiger partial charge >= 0.3 is 0 Å². The molecule has 0 radical (unpaired) electrons. The highest BCUT2D eigenvalue weighted by atomic mass is 35.5. The van der Waals surface area contributed by atoms with Crippen molar-refractivity contribution < 1.29 is 9.53 Å². The average Bonchev–Trinajstić information content (AvgIpc) is 3.73. The molecule has 0 bridgehead atoms. The number of carbonyl (C=O) groups excluding carboxylic acids is 1. The Balaban J connectivity index is 1.58. The lowest BCUT2D eigenvalue weighted by molar-refractivity contribution is -0.180. The maximum atomic E-state index is 14.2. The van der Waals surface area contributed by atoms with Crippen molar-refractivity contribution in [3.8, 4) is 6.07 Å². The minimum absolute atomic E-state index is 0.0169. The van der Waals surface area contributed by atoms with Crippen LogP contribution in [0.15, 0.2) is 72.8 Å². The molecule has 0 aromatic heterocycles. The van der Waals surface area contributed by atoms with Crippen LogP contribution in [0, 0.1) is 17.2 Å². The van der Waals surface area contributed by atoms with Crippen molar-refractivity contribution in [2.45, 2.75) is 56.9 Å². The normalized spacial score (nSPS) is 22.8. The van der Waals surface area contributed by atoms with Crippen molar-refractivity contribution in [3.63, 3.8) is 0 Å². The van der Waals surface area contributed by atoms with Crippen molar-refractivity contribution in [3.05, 3.63) is 105 Å². The number of hydrogen-bond donors (Lipinski definition) is 0. The lowest BCUT2D eigenvalue weighted by Gasteiger charge is -2.48. The monoisotopic (exact) mass is 518 g/mol. The maximum absolute atomic E-state index is 14.2. The number of morpholine rings is 1. The quantitative estimate of drug-likeness (QED) is 0.329. The van der Waals surface area contributed by atoms with Crippen LogP contribution in [-0.2, 0) is 16.0 Å². The summed E-state index contributed by atoms with van der Waals surface area (Å²) in [5.74, 6) is 0.525. The summed E-state index contributed by atoms with van der Waals surface area (Å²) in [6, 6.07) is 24.8. The third-order valence-electron chi connectivity index (χ3n) is 7.28. The van der Waals surface area contributed by atoms with Gasteiger partial charge in [0.1, 0.15) is 12.2 Å². The molecule has 0 spiro atoms.